The quantitative estimate of drug-likeness (QED) is 0.850. The number of H-pyrrole nitrogens is 1. The molecule has 0 unspecified atom stereocenters. The fourth-order valence-electron chi connectivity index (χ4n) is 3.13. The summed E-state index contributed by atoms with van der Waals surface area (Å²) in [5.74, 6) is 1.34. The summed E-state index contributed by atoms with van der Waals surface area (Å²) >= 11 is 0. The first-order chi connectivity index (χ1) is 11.1. The Morgan fingerprint density at radius 1 is 1.39 bits per heavy atom. The maximum absolute atomic E-state index is 11.5. The van der Waals surface area contributed by atoms with E-state index in [0.29, 0.717) is 11.4 Å². The number of aromatic nitrogens is 3. The third kappa shape index (κ3) is 3.28. The first-order valence-electron chi connectivity index (χ1n) is 8.37. The summed E-state index contributed by atoms with van der Waals surface area (Å²) in [4.78, 5) is 15.9. The third-order valence-electron chi connectivity index (χ3n) is 4.83. The van der Waals surface area contributed by atoms with E-state index in [1.807, 2.05) is 19.9 Å². The molecule has 1 heterocycles. The molecule has 2 N–H and O–H groups in total. The van der Waals surface area contributed by atoms with Crippen LogP contribution in [-0.4, -0.2) is 26.3 Å². The Hall–Kier alpha value is -2.17. The van der Waals surface area contributed by atoms with Crippen molar-refractivity contribution in [3.63, 3.8) is 0 Å². The molecule has 1 aromatic heterocycles. The van der Waals surface area contributed by atoms with Crippen molar-refractivity contribution in [3.05, 3.63) is 34.6 Å². The summed E-state index contributed by atoms with van der Waals surface area (Å²) in [6, 6.07) is 3.73. The number of nitrogens with one attached hydrogen (secondary N) is 1. The van der Waals surface area contributed by atoms with Crippen molar-refractivity contribution in [2.75, 3.05) is 0 Å². The van der Waals surface area contributed by atoms with E-state index < -0.39 is 5.97 Å². The van der Waals surface area contributed by atoms with Crippen LogP contribution >= 0.6 is 0 Å². The molecule has 1 aliphatic rings. The number of nitrogens with zero attached hydrogens (tertiary/aromatic N) is 2. The Morgan fingerprint density at radius 2 is 2.17 bits per heavy atom. The Morgan fingerprint density at radius 3 is 2.74 bits per heavy atom. The molecule has 0 spiro atoms. The standard InChI is InChI=1S/C18H23N3O2/c1-3-16-19-17(21-20-16)15-10-14(18(22)23)11(2)9-13(15)8-7-12-5-4-6-12/h9-10,12H,3-8H2,1-2H3,(H,22,23)(H,19,20,21). The molecular formula is C18H23N3O2. The van der Waals surface area contributed by atoms with Crippen molar-refractivity contribution in [3.8, 4) is 11.4 Å². The number of carboxylic acid groups (broad SMARTS) is 1. The van der Waals surface area contributed by atoms with Crippen LogP contribution in [0, 0.1) is 12.8 Å². The summed E-state index contributed by atoms with van der Waals surface area (Å²) in [5, 5.41) is 16.6. The van der Waals surface area contributed by atoms with Gasteiger partial charge in [-0.05, 0) is 42.9 Å². The van der Waals surface area contributed by atoms with Gasteiger partial charge in [-0.3, -0.25) is 5.10 Å². The van der Waals surface area contributed by atoms with Crippen molar-refractivity contribution in [1.29, 1.82) is 0 Å². The molecule has 1 fully saturated rings. The second kappa shape index (κ2) is 6.52. The molecule has 2 aromatic rings. The number of aromatic carboxylic acids is 1. The second-order valence-corrected chi connectivity index (χ2v) is 6.42. The maximum Gasteiger partial charge on any atom is 0.335 e. The van der Waals surface area contributed by atoms with Gasteiger partial charge in [-0.15, -0.1) is 0 Å². The van der Waals surface area contributed by atoms with Gasteiger partial charge in [0.05, 0.1) is 5.56 Å². The van der Waals surface area contributed by atoms with Crippen molar-refractivity contribution in [1.82, 2.24) is 15.2 Å². The highest BCUT2D eigenvalue weighted by atomic mass is 16.4. The van der Waals surface area contributed by atoms with E-state index in [-0.39, 0.29) is 0 Å². The molecule has 0 atom stereocenters. The highest BCUT2D eigenvalue weighted by Gasteiger charge is 2.20. The smallest absolute Gasteiger partial charge is 0.335 e. The fourth-order valence-corrected chi connectivity index (χ4v) is 3.13. The number of hydrogen-bond donors (Lipinski definition) is 2. The summed E-state index contributed by atoms with van der Waals surface area (Å²) in [6.07, 6.45) is 6.88. The molecule has 3 rings (SSSR count). The van der Waals surface area contributed by atoms with Crippen molar-refractivity contribution in [2.45, 2.75) is 52.4 Å². The van der Waals surface area contributed by atoms with E-state index in [1.54, 1.807) is 6.07 Å². The van der Waals surface area contributed by atoms with Gasteiger partial charge in [0.1, 0.15) is 5.82 Å². The molecule has 5 nitrogen and oxygen atoms in total. The number of carboxylic acids is 1. The zero-order valence-electron chi connectivity index (χ0n) is 13.7. The van der Waals surface area contributed by atoms with E-state index >= 15 is 0 Å². The lowest BCUT2D eigenvalue weighted by atomic mass is 9.80. The number of carbonyl (C=O) groups is 1. The molecule has 23 heavy (non-hydrogen) atoms. The topological polar surface area (TPSA) is 78.9 Å². The molecular weight excluding hydrogens is 290 g/mol. The number of aromatic amines is 1. The Kier molecular flexibility index (Phi) is 4.46. The van der Waals surface area contributed by atoms with Gasteiger partial charge in [0.15, 0.2) is 5.82 Å². The SMILES string of the molecule is CCc1nc(-c2cc(C(=O)O)c(C)cc2CCC2CCC2)n[nH]1. The minimum absolute atomic E-state index is 0.329. The minimum Gasteiger partial charge on any atom is -0.478 e. The average molecular weight is 313 g/mol. The van der Waals surface area contributed by atoms with E-state index in [0.717, 1.165) is 47.7 Å². The van der Waals surface area contributed by atoms with E-state index in [2.05, 4.69) is 15.2 Å². The van der Waals surface area contributed by atoms with E-state index in [1.165, 1.54) is 19.3 Å². The van der Waals surface area contributed by atoms with Gasteiger partial charge in [-0.25, -0.2) is 9.78 Å². The first kappa shape index (κ1) is 15.7. The van der Waals surface area contributed by atoms with E-state index in [9.17, 15) is 9.90 Å². The molecule has 0 aliphatic heterocycles. The molecule has 5 heteroatoms. The van der Waals surface area contributed by atoms with Gasteiger partial charge >= 0.3 is 5.97 Å². The van der Waals surface area contributed by atoms with Crippen LogP contribution in [0.3, 0.4) is 0 Å². The summed E-state index contributed by atoms with van der Waals surface area (Å²) in [6.45, 7) is 3.87. The van der Waals surface area contributed by atoms with Crippen molar-refractivity contribution < 1.29 is 9.90 Å². The third-order valence-corrected chi connectivity index (χ3v) is 4.83. The van der Waals surface area contributed by atoms with Gasteiger partial charge in [-0.2, -0.15) is 5.10 Å². The van der Waals surface area contributed by atoms with Crippen LogP contribution < -0.4 is 0 Å². The molecule has 1 saturated carbocycles. The van der Waals surface area contributed by atoms with Crippen LogP contribution in [0.4, 0.5) is 0 Å². The summed E-state index contributed by atoms with van der Waals surface area (Å²) < 4.78 is 0. The van der Waals surface area contributed by atoms with Gasteiger partial charge in [0.2, 0.25) is 0 Å². The molecule has 0 amide bonds. The number of hydrogen-bond acceptors (Lipinski definition) is 3. The lowest BCUT2D eigenvalue weighted by molar-refractivity contribution is 0.0696. The van der Waals surface area contributed by atoms with Gasteiger partial charge in [0.25, 0.3) is 0 Å². The monoisotopic (exact) mass is 313 g/mol. The second-order valence-electron chi connectivity index (χ2n) is 6.42. The molecule has 1 aliphatic carbocycles. The summed E-state index contributed by atoms with van der Waals surface area (Å²) in [5.41, 5.74) is 3.13. The average Bonchev–Trinajstić information content (AvgIpc) is 2.94. The molecule has 122 valence electrons. The normalized spacial score (nSPS) is 14.7. The highest BCUT2D eigenvalue weighted by molar-refractivity contribution is 5.91. The van der Waals surface area contributed by atoms with Crippen LogP contribution in [0.15, 0.2) is 12.1 Å². The lowest BCUT2D eigenvalue weighted by Gasteiger charge is -2.25. The van der Waals surface area contributed by atoms with Gasteiger partial charge in [0, 0.05) is 12.0 Å². The number of rotatable bonds is 6. The van der Waals surface area contributed by atoms with Crippen LogP contribution in [0.1, 0.15) is 59.9 Å². The first-order valence-corrected chi connectivity index (χ1v) is 8.37. The largest absolute Gasteiger partial charge is 0.478 e. The number of benzene rings is 1. The zero-order chi connectivity index (χ0) is 16.4. The molecule has 0 radical (unpaired) electrons. The Balaban J connectivity index is 1.97. The number of aryl methyl sites for hydroxylation is 3. The summed E-state index contributed by atoms with van der Waals surface area (Å²) in [7, 11) is 0. The van der Waals surface area contributed by atoms with Crippen LogP contribution in [0.2, 0.25) is 0 Å². The molecule has 1 aromatic carbocycles. The van der Waals surface area contributed by atoms with Crippen LogP contribution in [0.25, 0.3) is 11.4 Å². The highest BCUT2D eigenvalue weighted by Crippen LogP contribution is 2.33. The van der Waals surface area contributed by atoms with Gasteiger partial charge < -0.3 is 5.11 Å². The van der Waals surface area contributed by atoms with Crippen molar-refractivity contribution in [2.24, 2.45) is 5.92 Å². The van der Waals surface area contributed by atoms with Crippen LogP contribution in [-0.2, 0) is 12.8 Å². The lowest BCUT2D eigenvalue weighted by Crippen LogP contribution is -2.12. The van der Waals surface area contributed by atoms with Crippen molar-refractivity contribution >= 4 is 5.97 Å². The Bertz CT molecular complexity index is 717. The van der Waals surface area contributed by atoms with E-state index in [4.69, 9.17) is 0 Å². The predicted molar refractivity (Wildman–Crippen MR) is 88.6 cm³/mol. The predicted octanol–water partition coefficient (Wildman–Crippen LogP) is 3.77. The van der Waals surface area contributed by atoms with Crippen LogP contribution in [0.5, 0.6) is 0 Å². The minimum atomic E-state index is -0.902. The van der Waals surface area contributed by atoms with Gasteiger partial charge in [-0.1, -0.05) is 32.3 Å². The molecule has 0 bridgehead atoms. The molecule has 0 saturated heterocycles. The fraction of sp³-hybridized carbons (Fsp3) is 0.500. The zero-order valence-corrected chi connectivity index (χ0v) is 13.7. The Labute approximate surface area is 136 Å². The maximum atomic E-state index is 11.5.